The van der Waals surface area contributed by atoms with Crippen molar-refractivity contribution in [2.45, 2.75) is 18.4 Å². The van der Waals surface area contributed by atoms with E-state index in [9.17, 15) is 14.9 Å². The van der Waals surface area contributed by atoms with Crippen LogP contribution < -0.4 is 5.32 Å². The summed E-state index contributed by atoms with van der Waals surface area (Å²) in [5.74, 6) is -0.0858. The zero-order chi connectivity index (χ0) is 19.1. The zero-order valence-corrected chi connectivity index (χ0v) is 15.3. The van der Waals surface area contributed by atoms with Gasteiger partial charge in [-0.25, -0.2) is 4.79 Å². The number of methoxy groups -OCH3 is 1. The lowest BCUT2D eigenvalue weighted by atomic mass is 9.76. The van der Waals surface area contributed by atoms with E-state index in [2.05, 4.69) is 17.5 Å². The fourth-order valence-corrected chi connectivity index (χ4v) is 4.28. The number of halogens is 1. The molecule has 1 heterocycles. The Bertz CT molecular complexity index is 972. The van der Waals surface area contributed by atoms with Crippen LogP contribution in [-0.4, -0.2) is 18.0 Å². The Hall–Kier alpha value is -2.86. The smallest absolute Gasteiger partial charge is 0.339 e. The standard InChI is InChI=1S/C20H17ClN2O4/c1-27-20(24)15-7-3-6-14-12-4-2-5-13(12)18(22-19(14)15)11-8-9-16(21)17(10-11)23(25)26/h2-4,6-10,12-13,18,22H,5H2,1H3/t12-,13+,18-/m1/s1. The molecule has 0 aromatic heterocycles. The molecule has 0 amide bonds. The van der Waals surface area contributed by atoms with E-state index >= 15 is 0 Å². The van der Waals surface area contributed by atoms with Gasteiger partial charge in [-0.1, -0.05) is 42.0 Å². The van der Waals surface area contributed by atoms with Gasteiger partial charge >= 0.3 is 5.97 Å². The van der Waals surface area contributed by atoms with E-state index in [0.717, 1.165) is 23.2 Å². The highest BCUT2D eigenvalue weighted by Gasteiger charge is 2.39. The average Bonchev–Trinajstić information content (AvgIpc) is 3.16. The van der Waals surface area contributed by atoms with Crippen LogP contribution in [0.15, 0.2) is 48.6 Å². The van der Waals surface area contributed by atoms with Crippen molar-refractivity contribution in [3.05, 3.63) is 80.4 Å². The molecule has 0 bridgehead atoms. The van der Waals surface area contributed by atoms with E-state index in [1.807, 2.05) is 12.1 Å². The third kappa shape index (κ3) is 2.86. The zero-order valence-electron chi connectivity index (χ0n) is 14.5. The molecule has 2 aromatic carbocycles. The van der Waals surface area contributed by atoms with Crippen molar-refractivity contribution in [1.82, 2.24) is 0 Å². The summed E-state index contributed by atoms with van der Waals surface area (Å²) < 4.78 is 4.92. The SMILES string of the molecule is COC(=O)c1cccc2c1N[C@H](c1ccc(Cl)c([N+](=O)[O-])c1)[C@H]1CC=C[C@@H]21. The maximum absolute atomic E-state index is 12.2. The Kier molecular flexibility index (Phi) is 4.36. The molecule has 0 radical (unpaired) electrons. The number of nitrogens with one attached hydrogen (secondary N) is 1. The number of carbonyl (C=O) groups is 1. The first-order valence-corrected chi connectivity index (χ1v) is 8.97. The third-order valence-electron chi connectivity index (χ3n) is 5.33. The van der Waals surface area contributed by atoms with E-state index in [4.69, 9.17) is 16.3 Å². The molecule has 0 unspecified atom stereocenters. The average molecular weight is 385 g/mol. The lowest BCUT2D eigenvalue weighted by molar-refractivity contribution is -0.384. The fraction of sp³-hybridized carbons (Fsp3) is 0.250. The van der Waals surface area contributed by atoms with Gasteiger partial charge in [0.2, 0.25) is 0 Å². The molecule has 1 aliphatic carbocycles. The van der Waals surface area contributed by atoms with Crippen LogP contribution in [0, 0.1) is 16.0 Å². The first-order valence-electron chi connectivity index (χ1n) is 8.59. The van der Waals surface area contributed by atoms with Crippen molar-refractivity contribution in [3.63, 3.8) is 0 Å². The van der Waals surface area contributed by atoms with Crippen molar-refractivity contribution >= 4 is 28.9 Å². The maximum atomic E-state index is 12.2. The van der Waals surface area contributed by atoms with Crippen LogP contribution in [0.25, 0.3) is 0 Å². The molecule has 0 saturated carbocycles. The molecule has 0 saturated heterocycles. The topological polar surface area (TPSA) is 81.5 Å². The number of allylic oxidation sites excluding steroid dienone is 2. The highest BCUT2D eigenvalue weighted by atomic mass is 35.5. The minimum atomic E-state index is -0.479. The van der Waals surface area contributed by atoms with Crippen molar-refractivity contribution < 1.29 is 14.5 Å². The molecule has 6 nitrogen and oxygen atoms in total. The second-order valence-electron chi connectivity index (χ2n) is 6.70. The number of nitrogens with zero attached hydrogens (tertiary/aromatic N) is 1. The molecule has 7 heteroatoms. The molecule has 0 fully saturated rings. The van der Waals surface area contributed by atoms with Crippen LogP contribution in [-0.2, 0) is 4.74 Å². The minimum Gasteiger partial charge on any atom is -0.465 e. The largest absolute Gasteiger partial charge is 0.465 e. The Balaban J connectivity index is 1.83. The lowest BCUT2D eigenvalue weighted by Crippen LogP contribution is -2.30. The van der Waals surface area contributed by atoms with Crippen molar-refractivity contribution in [2.24, 2.45) is 5.92 Å². The normalized spacial score (nSPS) is 22.5. The summed E-state index contributed by atoms with van der Waals surface area (Å²) in [7, 11) is 1.35. The van der Waals surface area contributed by atoms with E-state index in [-0.39, 0.29) is 28.6 Å². The van der Waals surface area contributed by atoms with Gasteiger partial charge in [-0.05, 0) is 35.6 Å². The summed E-state index contributed by atoms with van der Waals surface area (Å²) in [5, 5.41) is 14.8. The number of hydrogen-bond acceptors (Lipinski definition) is 5. The Labute approximate surface area is 160 Å². The summed E-state index contributed by atoms with van der Waals surface area (Å²) in [5.41, 5.74) is 2.87. The van der Waals surface area contributed by atoms with Crippen LogP contribution in [0.3, 0.4) is 0 Å². The quantitative estimate of drug-likeness (QED) is 0.353. The molecule has 27 heavy (non-hydrogen) atoms. The van der Waals surface area contributed by atoms with Gasteiger partial charge in [0.25, 0.3) is 5.69 Å². The predicted octanol–water partition coefficient (Wildman–Crippen LogP) is 4.86. The second kappa shape index (κ2) is 6.70. The van der Waals surface area contributed by atoms with Crippen LogP contribution in [0.2, 0.25) is 5.02 Å². The summed E-state index contributed by atoms with van der Waals surface area (Å²) in [4.78, 5) is 23.0. The number of anilines is 1. The summed E-state index contributed by atoms with van der Waals surface area (Å²) in [6, 6.07) is 10.3. The van der Waals surface area contributed by atoms with E-state index in [1.165, 1.54) is 13.2 Å². The van der Waals surface area contributed by atoms with Crippen molar-refractivity contribution in [1.29, 1.82) is 0 Å². The number of fused-ring (bicyclic) bond motifs is 3. The Morgan fingerprint density at radius 2 is 2.15 bits per heavy atom. The highest BCUT2D eigenvalue weighted by molar-refractivity contribution is 6.32. The Morgan fingerprint density at radius 3 is 2.89 bits per heavy atom. The highest BCUT2D eigenvalue weighted by Crippen LogP contribution is 2.51. The van der Waals surface area contributed by atoms with Crippen LogP contribution in [0.1, 0.15) is 39.9 Å². The van der Waals surface area contributed by atoms with Gasteiger partial charge in [0, 0.05) is 12.0 Å². The molecule has 1 aliphatic heterocycles. The summed E-state index contributed by atoms with van der Waals surface area (Å²) in [6.07, 6.45) is 5.11. The molecule has 138 valence electrons. The van der Waals surface area contributed by atoms with Crippen molar-refractivity contribution in [3.8, 4) is 0 Å². The number of nitro benzene ring substituents is 1. The number of benzene rings is 2. The van der Waals surface area contributed by atoms with Crippen LogP contribution >= 0.6 is 11.6 Å². The van der Waals surface area contributed by atoms with E-state index in [1.54, 1.807) is 18.2 Å². The molecular weight excluding hydrogens is 368 g/mol. The molecule has 1 N–H and O–H groups in total. The van der Waals surface area contributed by atoms with Crippen LogP contribution in [0.4, 0.5) is 11.4 Å². The number of carbonyl (C=O) groups excluding carboxylic acids is 1. The van der Waals surface area contributed by atoms with Gasteiger partial charge in [0.1, 0.15) is 5.02 Å². The number of ether oxygens (including phenoxy) is 1. The molecule has 4 rings (SSSR count). The summed E-state index contributed by atoms with van der Waals surface area (Å²) in [6.45, 7) is 0. The number of rotatable bonds is 3. The third-order valence-corrected chi connectivity index (χ3v) is 5.65. The van der Waals surface area contributed by atoms with Gasteiger partial charge < -0.3 is 10.1 Å². The first kappa shape index (κ1) is 17.5. The van der Waals surface area contributed by atoms with Gasteiger partial charge in [0.15, 0.2) is 0 Å². The number of nitro groups is 1. The van der Waals surface area contributed by atoms with E-state index in [0.29, 0.717) is 5.56 Å². The number of hydrogen-bond donors (Lipinski definition) is 1. The van der Waals surface area contributed by atoms with Crippen LogP contribution in [0.5, 0.6) is 0 Å². The number of para-hydroxylation sites is 1. The summed E-state index contributed by atoms with van der Waals surface area (Å²) >= 11 is 5.97. The second-order valence-corrected chi connectivity index (χ2v) is 7.11. The van der Waals surface area contributed by atoms with Crippen molar-refractivity contribution in [2.75, 3.05) is 12.4 Å². The molecule has 2 aromatic rings. The van der Waals surface area contributed by atoms with Gasteiger partial charge in [-0.15, -0.1) is 0 Å². The van der Waals surface area contributed by atoms with Gasteiger partial charge in [-0.3, -0.25) is 10.1 Å². The molecule has 3 atom stereocenters. The predicted molar refractivity (Wildman–Crippen MR) is 102 cm³/mol. The molecular formula is C20H17ClN2O4. The lowest BCUT2D eigenvalue weighted by Gasteiger charge is -2.38. The first-order chi connectivity index (χ1) is 13.0. The van der Waals surface area contributed by atoms with E-state index < -0.39 is 10.9 Å². The van der Waals surface area contributed by atoms with Gasteiger partial charge in [-0.2, -0.15) is 0 Å². The Morgan fingerprint density at radius 1 is 1.33 bits per heavy atom. The fourth-order valence-electron chi connectivity index (χ4n) is 4.09. The molecule has 0 spiro atoms. The van der Waals surface area contributed by atoms with Gasteiger partial charge in [0.05, 0.1) is 29.3 Å². The maximum Gasteiger partial charge on any atom is 0.339 e. The minimum absolute atomic E-state index is 0.108. The molecule has 2 aliphatic rings. The number of esters is 1. The monoisotopic (exact) mass is 384 g/mol.